The number of thiophene rings is 1. The van der Waals surface area contributed by atoms with Gasteiger partial charge in [-0.05, 0) is 48.6 Å². The third-order valence-corrected chi connectivity index (χ3v) is 6.24. The van der Waals surface area contributed by atoms with Gasteiger partial charge in [0.05, 0.1) is 16.7 Å². The summed E-state index contributed by atoms with van der Waals surface area (Å²) < 4.78 is 24.0. The summed E-state index contributed by atoms with van der Waals surface area (Å²) in [6, 6.07) is 11.5. The molecular formula is C16H21NO2S2. The number of anilines is 1. The highest BCUT2D eigenvalue weighted by molar-refractivity contribution is 7.91. The Morgan fingerprint density at radius 1 is 1.14 bits per heavy atom. The van der Waals surface area contributed by atoms with Gasteiger partial charge in [0.1, 0.15) is 0 Å². The van der Waals surface area contributed by atoms with E-state index < -0.39 is 9.84 Å². The minimum absolute atomic E-state index is 0.201. The minimum Gasteiger partial charge on any atom is -0.377 e. The van der Waals surface area contributed by atoms with Gasteiger partial charge in [-0.2, -0.15) is 0 Å². The molecule has 0 aliphatic heterocycles. The third kappa shape index (κ3) is 4.08. The van der Waals surface area contributed by atoms with Crippen molar-refractivity contribution in [3.63, 3.8) is 0 Å². The molecule has 0 aliphatic carbocycles. The summed E-state index contributed by atoms with van der Waals surface area (Å²) in [7, 11) is -3.13. The minimum atomic E-state index is -3.13. The number of sulfone groups is 1. The van der Waals surface area contributed by atoms with Gasteiger partial charge in [0, 0.05) is 10.6 Å². The lowest BCUT2D eigenvalue weighted by molar-refractivity contribution is 0.594. The maximum Gasteiger partial charge on any atom is 0.178 e. The van der Waals surface area contributed by atoms with Crippen molar-refractivity contribution in [1.82, 2.24) is 0 Å². The molecule has 1 heterocycles. The van der Waals surface area contributed by atoms with E-state index in [1.165, 1.54) is 4.88 Å². The predicted octanol–water partition coefficient (Wildman–Crippen LogP) is 4.50. The van der Waals surface area contributed by atoms with Crippen molar-refractivity contribution in [2.45, 2.75) is 37.6 Å². The van der Waals surface area contributed by atoms with E-state index in [1.807, 2.05) is 25.1 Å². The van der Waals surface area contributed by atoms with Gasteiger partial charge < -0.3 is 5.32 Å². The van der Waals surface area contributed by atoms with E-state index in [-0.39, 0.29) is 11.8 Å². The lowest BCUT2D eigenvalue weighted by Gasteiger charge is -2.17. The van der Waals surface area contributed by atoms with Crippen molar-refractivity contribution in [2.75, 3.05) is 11.1 Å². The van der Waals surface area contributed by atoms with Crippen LogP contribution in [0.5, 0.6) is 0 Å². The van der Waals surface area contributed by atoms with Crippen LogP contribution in [-0.2, 0) is 9.84 Å². The fraction of sp³-hybridized carbons (Fsp3) is 0.375. The Morgan fingerprint density at radius 3 is 2.38 bits per heavy atom. The first kappa shape index (κ1) is 16.0. The molecule has 3 nitrogen and oxygen atoms in total. The quantitative estimate of drug-likeness (QED) is 0.816. The summed E-state index contributed by atoms with van der Waals surface area (Å²) in [4.78, 5) is 1.69. The molecule has 0 fully saturated rings. The van der Waals surface area contributed by atoms with E-state index in [0.29, 0.717) is 11.3 Å². The molecule has 0 bridgehead atoms. The summed E-state index contributed by atoms with van der Waals surface area (Å²) in [6.45, 7) is 4.01. The Hall–Kier alpha value is -1.33. The zero-order valence-electron chi connectivity index (χ0n) is 12.4. The third-order valence-electron chi connectivity index (χ3n) is 3.32. The van der Waals surface area contributed by atoms with Gasteiger partial charge in [0.25, 0.3) is 0 Å². The van der Waals surface area contributed by atoms with Crippen molar-refractivity contribution >= 4 is 26.9 Å². The van der Waals surface area contributed by atoms with Crippen molar-refractivity contribution in [2.24, 2.45) is 0 Å². The van der Waals surface area contributed by atoms with Gasteiger partial charge in [-0.1, -0.05) is 19.9 Å². The van der Waals surface area contributed by atoms with Crippen LogP contribution in [-0.4, -0.2) is 14.2 Å². The molecule has 0 amide bonds. The Balaban J connectivity index is 2.12. The molecule has 0 saturated heterocycles. The van der Waals surface area contributed by atoms with Gasteiger partial charge in [0.2, 0.25) is 0 Å². The van der Waals surface area contributed by atoms with E-state index in [9.17, 15) is 8.42 Å². The summed E-state index contributed by atoms with van der Waals surface area (Å²) in [6.07, 6.45) is 1.62. The van der Waals surface area contributed by atoms with Crippen LogP contribution < -0.4 is 5.32 Å². The highest BCUT2D eigenvalue weighted by Gasteiger charge is 2.14. The largest absolute Gasteiger partial charge is 0.377 e. The van der Waals surface area contributed by atoms with E-state index in [2.05, 4.69) is 23.7 Å². The Kier molecular flexibility index (Phi) is 5.42. The molecule has 2 rings (SSSR count). The first-order valence-corrected chi connectivity index (χ1v) is 9.72. The van der Waals surface area contributed by atoms with Gasteiger partial charge in [-0.3, -0.25) is 0 Å². The molecule has 0 saturated carbocycles. The highest BCUT2D eigenvalue weighted by atomic mass is 32.2. The van der Waals surface area contributed by atoms with Crippen molar-refractivity contribution < 1.29 is 8.42 Å². The second kappa shape index (κ2) is 7.09. The van der Waals surface area contributed by atoms with Crippen LogP contribution in [0.3, 0.4) is 0 Å². The summed E-state index contributed by atoms with van der Waals surface area (Å²) >= 11 is 1.73. The average molecular weight is 323 g/mol. The topological polar surface area (TPSA) is 46.2 Å². The summed E-state index contributed by atoms with van der Waals surface area (Å²) in [5, 5.41) is 5.53. The molecule has 0 spiro atoms. The summed E-state index contributed by atoms with van der Waals surface area (Å²) in [5.74, 6) is 0.201. The van der Waals surface area contributed by atoms with Gasteiger partial charge in [-0.15, -0.1) is 11.3 Å². The first-order valence-electron chi connectivity index (χ1n) is 7.19. The first-order chi connectivity index (χ1) is 10.1. The lowest BCUT2D eigenvalue weighted by Crippen LogP contribution is -2.09. The Labute approximate surface area is 130 Å². The second-order valence-electron chi connectivity index (χ2n) is 4.96. The average Bonchev–Trinajstić information content (AvgIpc) is 2.99. The molecule has 21 heavy (non-hydrogen) atoms. The maximum absolute atomic E-state index is 12.0. The molecule has 1 aromatic carbocycles. The molecule has 1 aromatic heterocycles. The molecule has 1 unspecified atom stereocenters. The van der Waals surface area contributed by atoms with Gasteiger partial charge >= 0.3 is 0 Å². The smallest absolute Gasteiger partial charge is 0.178 e. The van der Waals surface area contributed by atoms with E-state index in [0.717, 1.165) is 12.1 Å². The van der Waals surface area contributed by atoms with E-state index in [1.54, 1.807) is 23.5 Å². The molecule has 0 radical (unpaired) electrons. The molecule has 0 aliphatic rings. The van der Waals surface area contributed by atoms with Gasteiger partial charge in [-0.25, -0.2) is 8.42 Å². The normalized spacial score (nSPS) is 13.0. The SMILES string of the molecule is CCCS(=O)(=O)c1ccc(NC(CC)c2cccs2)cc1. The second-order valence-corrected chi connectivity index (χ2v) is 8.05. The standard InChI is InChI=1S/C16H21NO2S2/c1-3-12-21(18,19)14-9-7-13(8-10-14)17-15(4-2)16-6-5-11-20-16/h5-11,15,17H,3-4,12H2,1-2H3. The van der Waals surface area contributed by atoms with Crippen LogP contribution in [0, 0.1) is 0 Å². The number of hydrogen-bond donors (Lipinski definition) is 1. The van der Waals surface area contributed by atoms with Crippen LogP contribution in [0.2, 0.25) is 0 Å². The number of rotatable bonds is 7. The van der Waals surface area contributed by atoms with Crippen LogP contribution >= 0.6 is 11.3 Å². The Morgan fingerprint density at radius 2 is 1.86 bits per heavy atom. The van der Waals surface area contributed by atoms with Crippen molar-refractivity contribution in [3.05, 3.63) is 46.7 Å². The van der Waals surface area contributed by atoms with Gasteiger partial charge in [0.15, 0.2) is 9.84 Å². The molecule has 1 atom stereocenters. The lowest BCUT2D eigenvalue weighted by atomic mass is 10.1. The number of hydrogen-bond acceptors (Lipinski definition) is 4. The molecular weight excluding hydrogens is 302 g/mol. The summed E-state index contributed by atoms with van der Waals surface area (Å²) in [5.41, 5.74) is 0.950. The maximum atomic E-state index is 12.0. The Bertz CT molecular complexity index is 646. The number of nitrogens with one attached hydrogen (secondary N) is 1. The fourth-order valence-corrected chi connectivity index (χ4v) is 4.40. The van der Waals surface area contributed by atoms with Crippen LogP contribution in [0.15, 0.2) is 46.7 Å². The van der Waals surface area contributed by atoms with Crippen LogP contribution in [0.1, 0.15) is 37.6 Å². The fourth-order valence-electron chi connectivity index (χ4n) is 2.21. The van der Waals surface area contributed by atoms with E-state index in [4.69, 9.17) is 0 Å². The number of benzene rings is 1. The van der Waals surface area contributed by atoms with Crippen LogP contribution in [0.4, 0.5) is 5.69 Å². The van der Waals surface area contributed by atoms with E-state index >= 15 is 0 Å². The zero-order valence-corrected chi connectivity index (χ0v) is 14.0. The molecule has 2 aromatic rings. The zero-order chi connectivity index (χ0) is 15.3. The van der Waals surface area contributed by atoms with Crippen molar-refractivity contribution in [3.8, 4) is 0 Å². The molecule has 114 valence electrons. The van der Waals surface area contributed by atoms with Crippen molar-refractivity contribution in [1.29, 1.82) is 0 Å². The molecule has 1 N–H and O–H groups in total. The highest BCUT2D eigenvalue weighted by Crippen LogP contribution is 2.26. The molecule has 5 heteroatoms. The predicted molar refractivity (Wildman–Crippen MR) is 89.8 cm³/mol. The van der Waals surface area contributed by atoms with Crippen LogP contribution in [0.25, 0.3) is 0 Å². The monoisotopic (exact) mass is 323 g/mol.